The van der Waals surface area contributed by atoms with Gasteiger partial charge >= 0.3 is 0 Å². The van der Waals surface area contributed by atoms with E-state index < -0.39 is 0 Å². The molecule has 7 heteroatoms. The summed E-state index contributed by atoms with van der Waals surface area (Å²) in [5.41, 5.74) is 7.39. The lowest BCUT2D eigenvalue weighted by molar-refractivity contribution is 0.467. The average molecular weight is 312 g/mol. The molecule has 1 unspecified atom stereocenters. The zero-order valence-electron chi connectivity index (χ0n) is 11.3. The number of rotatable bonds is 3. The van der Waals surface area contributed by atoms with Gasteiger partial charge in [0.1, 0.15) is 0 Å². The first-order valence-corrected chi connectivity index (χ1v) is 7.15. The van der Waals surface area contributed by atoms with E-state index in [1.807, 2.05) is 0 Å². The largest absolute Gasteiger partial charge is 0.399 e. The maximum absolute atomic E-state index is 6.24. The normalized spacial score (nSPS) is 20.1. The van der Waals surface area contributed by atoms with Crippen molar-refractivity contribution < 1.29 is 0 Å². The van der Waals surface area contributed by atoms with Crippen LogP contribution in [0.5, 0.6) is 0 Å². The van der Waals surface area contributed by atoms with Gasteiger partial charge in [-0.15, -0.1) is 5.10 Å². The summed E-state index contributed by atoms with van der Waals surface area (Å²) in [6.07, 6.45) is 1.18. The lowest BCUT2D eigenvalue weighted by atomic mass is 10.1. The van der Waals surface area contributed by atoms with E-state index in [0.29, 0.717) is 38.5 Å². The second-order valence-electron chi connectivity index (χ2n) is 5.94. The van der Waals surface area contributed by atoms with Crippen molar-refractivity contribution in [1.82, 2.24) is 20.2 Å². The Morgan fingerprint density at radius 2 is 2.10 bits per heavy atom. The van der Waals surface area contributed by atoms with Crippen molar-refractivity contribution >= 4 is 28.9 Å². The molecule has 1 atom stereocenters. The van der Waals surface area contributed by atoms with Crippen LogP contribution in [0.15, 0.2) is 12.1 Å². The number of anilines is 1. The van der Waals surface area contributed by atoms with Crippen LogP contribution >= 0.6 is 23.2 Å². The monoisotopic (exact) mass is 311 g/mol. The predicted octanol–water partition coefficient (Wildman–Crippen LogP) is 3.28. The molecule has 1 aliphatic rings. The van der Waals surface area contributed by atoms with E-state index in [1.165, 1.54) is 6.42 Å². The predicted molar refractivity (Wildman–Crippen MR) is 79.6 cm³/mol. The average Bonchev–Trinajstić information content (AvgIpc) is 2.76. The highest BCUT2D eigenvalue weighted by Gasteiger charge is 2.46. The lowest BCUT2D eigenvalue weighted by Crippen LogP contribution is -2.08. The van der Waals surface area contributed by atoms with Crippen molar-refractivity contribution in [2.45, 2.75) is 26.8 Å². The summed E-state index contributed by atoms with van der Waals surface area (Å²) in [4.78, 5) is 0. The Kier molecular flexibility index (Phi) is 3.14. The number of tetrazole rings is 1. The van der Waals surface area contributed by atoms with Gasteiger partial charge in [0.15, 0.2) is 5.82 Å². The number of aromatic nitrogens is 4. The summed E-state index contributed by atoms with van der Waals surface area (Å²) in [6.45, 7) is 5.26. The van der Waals surface area contributed by atoms with E-state index in [2.05, 4.69) is 29.4 Å². The zero-order valence-corrected chi connectivity index (χ0v) is 12.8. The molecule has 5 nitrogen and oxygen atoms in total. The van der Waals surface area contributed by atoms with Crippen molar-refractivity contribution in [3.63, 3.8) is 0 Å². The van der Waals surface area contributed by atoms with E-state index >= 15 is 0 Å². The summed E-state index contributed by atoms with van der Waals surface area (Å²) in [6, 6.07) is 3.36. The fourth-order valence-corrected chi connectivity index (χ4v) is 2.81. The number of nitrogen functional groups attached to an aromatic ring is 1. The van der Waals surface area contributed by atoms with Gasteiger partial charge in [-0.05, 0) is 40.3 Å². The van der Waals surface area contributed by atoms with Crippen LogP contribution in [0, 0.1) is 11.3 Å². The Balaban J connectivity index is 1.98. The zero-order chi connectivity index (χ0) is 14.5. The minimum atomic E-state index is 0.361. The third-order valence-electron chi connectivity index (χ3n) is 3.93. The van der Waals surface area contributed by atoms with Gasteiger partial charge in [-0.1, -0.05) is 37.0 Å². The molecule has 1 heterocycles. The van der Waals surface area contributed by atoms with E-state index in [1.54, 1.807) is 16.8 Å². The van der Waals surface area contributed by atoms with E-state index in [0.717, 1.165) is 6.54 Å². The van der Waals surface area contributed by atoms with Gasteiger partial charge in [-0.3, -0.25) is 0 Å². The van der Waals surface area contributed by atoms with E-state index in [-0.39, 0.29) is 0 Å². The van der Waals surface area contributed by atoms with E-state index in [4.69, 9.17) is 28.9 Å². The van der Waals surface area contributed by atoms with Crippen LogP contribution in [0.1, 0.15) is 20.3 Å². The summed E-state index contributed by atoms with van der Waals surface area (Å²) in [5.74, 6) is 1.19. The van der Waals surface area contributed by atoms with Gasteiger partial charge in [-0.2, -0.15) is 0 Å². The number of nitrogens with zero attached hydrogens (tertiary/aromatic N) is 4. The third-order valence-corrected chi connectivity index (χ3v) is 4.74. The number of hydrogen-bond donors (Lipinski definition) is 1. The molecule has 0 bridgehead atoms. The maximum atomic E-state index is 6.24. The highest BCUT2D eigenvalue weighted by molar-refractivity contribution is 6.43. The first kappa shape index (κ1) is 13.6. The molecular weight excluding hydrogens is 297 g/mol. The molecule has 3 rings (SSSR count). The Bertz CT molecular complexity index is 665. The van der Waals surface area contributed by atoms with Crippen LogP contribution in [0.2, 0.25) is 10.0 Å². The smallest absolute Gasteiger partial charge is 0.183 e. The summed E-state index contributed by atoms with van der Waals surface area (Å²) < 4.78 is 1.77. The van der Waals surface area contributed by atoms with Crippen molar-refractivity contribution in [3.05, 3.63) is 22.2 Å². The quantitative estimate of drug-likeness (QED) is 0.883. The molecule has 0 amide bonds. The second-order valence-corrected chi connectivity index (χ2v) is 6.72. The Morgan fingerprint density at radius 1 is 1.40 bits per heavy atom. The number of benzene rings is 1. The van der Waals surface area contributed by atoms with Gasteiger partial charge in [-0.25, -0.2) is 4.68 Å². The van der Waals surface area contributed by atoms with Crippen molar-refractivity contribution in [2.75, 3.05) is 5.73 Å². The first-order chi connectivity index (χ1) is 9.38. The van der Waals surface area contributed by atoms with Crippen molar-refractivity contribution in [3.8, 4) is 11.4 Å². The molecule has 0 radical (unpaired) electrons. The minimum Gasteiger partial charge on any atom is -0.399 e. The van der Waals surface area contributed by atoms with Crippen LogP contribution in [0.4, 0.5) is 5.69 Å². The summed E-state index contributed by atoms with van der Waals surface area (Å²) >= 11 is 12.3. The molecule has 2 N–H and O–H groups in total. The number of nitrogens with two attached hydrogens (primary N) is 1. The molecule has 1 aromatic carbocycles. The van der Waals surface area contributed by atoms with Crippen LogP contribution in [0.3, 0.4) is 0 Å². The Morgan fingerprint density at radius 3 is 2.75 bits per heavy atom. The summed E-state index contributed by atoms with van der Waals surface area (Å²) in [5, 5.41) is 12.7. The van der Waals surface area contributed by atoms with E-state index in [9.17, 15) is 0 Å². The van der Waals surface area contributed by atoms with Gasteiger partial charge in [0.2, 0.25) is 0 Å². The maximum Gasteiger partial charge on any atom is 0.183 e. The second kappa shape index (κ2) is 4.60. The Hall–Kier alpha value is -1.33. The SMILES string of the molecule is CC1(C)CC1Cn1nnnc1-c1cc(N)cc(Cl)c1Cl. The highest BCUT2D eigenvalue weighted by Crippen LogP contribution is 2.52. The Labute approximate surface area is 127 Å². The molecule has 1 aliphatic carbocycles. The molecule has 1 saturated carbocycles. The van der Waals surface area contributed by atoms with Gasteiger partial charge < -0.3 is 5.73 Å². The molecule has 106 valence electrons. The molecule has 2 aromatic rings. The topological polar surface area (TPSA) is 69.6 Å². The molecule has 0 saturated heterocycles. The van der Waals surface area contributed by atoms with Gasteiger partial charge in [0.05, 0.1) is 10.0 Å². The number of hydrogen-bond acceptors (Lipinski definition) is 4. The third kappa shape index (κ3) is 2.36. The van der Waals surface area contributed by atoms with Gasteiger partial charge in [0, 0.05) is 17.8 Å². The van der Waals surface area contributed by atoms with Crippen molar-refractivity contribution in [1.29, 1.82) is 0 Å². The molecule has 1 aromatic heterocycles. The van der Waals surface area contributed by atoms with Gasteiger partial charge in [0.25, 0.3) is 0 Å². The number of halogens is 2. The van der Waals surface area contributed by atoms with Crippen LogP contribution in [-0.4, -0.2) is 20.2 Å². The van der Waals surface area contributed by atoms with Crippen LogP contribution in [0.25, 0.3) is 11.4 Å². The lowest BCUT2D eigenvalue weighted by Gasteiger charge is -2.09. The molecule has 0 spiro atoms. The molecule has 1 fully saturated rings. The van der Waals surface area contributed by atoms with Crippen molar-refractivity contribution in [2.24, 2.45) is 11.3 Å². The van der Waals surface area contributed by atoms with Crippen LogP contribution < -0.4 is 5.73 Å². The molecule has 0 aliphatic heterocycles. The fraction of sp³-hybridized carbons (Fsp3) is 0.462. The molecular formula is C13H15Cl2N5. The highest BCUT2D eigenvalue weighted by atomic mass is 35.5. The van der Waals surface area contributed by atoms with Crippen LogP contribution in [-0.2, 0) is 6.54 Å². The summed E-state index contributed by atoms with van der Waals surface area (Å²) in [7, 11) is 0. The first-order valence-electron chi connectivity index (χ1n) is 6.39. The minimum absolute atomic E-state index is 0.361. The molecule has 20 heavy (non-hydrogen) atoms. The standard InChI is InChI=1S/C13H15Cl2N5/c1-13(2)5-7(13)6-20-12(17-18-19-20)9-3-8(16)4-10(14)11(9)15/h3-4,7H,5-6,16H2,1-2H3. The fourth-order valence-electron chi connectivity index (χ4n) is 2.39.